The van der Waals surface area contributed by atoms with Gasteiger partial charge in [0, 0.05) is 37.9 Å². The summed E-state index contributed by atoms with van der Waals surface area (Å²) in [6.45, 7) is 4.65. The van der Waals surface area contributed by atoms with E-state index in [1.807, 2.05) is 11.0 Å². The molecule has 1 saturated heterocycles. The zero-order valence-corrected chi connectivity index (χ0v) is 20.0. The zero-order valence-electron chi connectivity index (χ0n) is 20.0. The molecule has 2 aromatic rings. The summed E-state index contributed by atoms with van der Waals surface area (Å²) in [5, 5.41) is 13.3. The molecule has 5 rings (SSSR count). The SMILES string of the molecule is COc1c(OCC(O)CN2CCOCC2)ccc2c1N=C(NC(=O)c1ccc(N)nc1)N1CCN=C21. The molecule has 4 heterocycles. The van der Waals surface area contributed by atoms with Crippen LogP contribution in [-0.4, -0.2) is 103 Å². The number of aliphatic hydroxyl groups is 1. The molecule has 12 nitrogen and oxygen atoms in total. The number of morpholine rings is 1. The zero-order chi connectivity index (χ0) is 25.1. The smallest absolute Gasteiger partial charge is 0.259 e. The fraction of sp³-hybridized carbons (Fsp3) is 0.417. The molecule has 1 fully saturated rings. The molecule has 190 valence electrons. The van der Waals surface area contributed by atoms with Crippen molar-refractivity contribution in [2.75, 3.05) is 65.4 Å². The van der Waals surface area contributed by atoms with Crippen LogP contribution < -0.4 is 20.5 Å². The van der Waals surface area contributed by atoms with Crippen molar-refractivity contribution in [3.63, 3.8) is 0 Å². The third-order valence-corrected chi connectivity index (χ3v) is 6.13. The van der Waals surface area contributed by atoms with E-state index in [2.05, 4.69) is 20.2 Å². The number of carbonyl (C=O) groups excluding carboxylic acids is 1. The number of amides is 1. The van der Waals surface area contributed by atoms with Gasteiger partial charge in [0.15, 0.2) is 11.5 Å². The number of rotatable bonds is 7. The Kier molecular flexibility index (Phi) is 6.98. The first kappa shape index (κ1) is 24.0. The Morgan fingerprint density at radius 3 is 2.83 bits per heavy atom. The summed E-state index contributed by atoms with van der Waals surface area (Å²) in [5.41, 5.74) is 7.26. The standard InChI is InChI=1S/C24H29N7O5/c1-34-21-18(36-14-16(32)13-30-8-10-35-11-9-30)4-3-17-20(21)28-24(31-7-6-26-22(17)31)29-23(33)15-2-5-19(25)27-12-15/h2-5,12,16,32H,6-11,13-14H2,1H3,(H2,25,27)(H,28,29,33). The molecule has 0 aliphatic carbocycles. The molecule has 36 heavy (non-hydrogen) atoms. The summed E-state index contributed by atoms with van der Waals surface area (Å²) in [6.07, 6.45) is 0.737. The van der Waals surface area contributed by atoms with Crippen molar-refractivity contribution in [2.24, 2.45) is 9.98 Å². The van der Waals surface area contributed by atoms with Gasteiger partial charge < -0.3 is 25.1 Å². The third-order valence-electron chi connectivity index (χ3n) is 6.13. The highest BCUT2D eigenvalue weighted by atomic mass is 16.5. The molecule has 1 aromatic heterocycles. The van der Waals surface area contributed by atoms with Crippen molar-refractivity contribution in [3.8, 4) is 11.5 Å². The first-order chi connectivity index (χ1) is 17.5. The monoisotopic (exact) mass is 495 g/mol. The van der Waals surface area contributed by atoms with Crippen LogP contribution in [0.15, 0.2) is 40.4 Å². The Hall–Kier alpha value is -3.74. The molecule has 12 heteroatoms. The Morgan fingerprint density at radius 1 is 1.25 bits per heavy atom. The minimum Gasteiger partial charge on any atom is -0.491 e. The number of aliphatic hydroxyl groups excluding tert-OH is 1. The van der Waals surface area contributed by atoms with E-state index >= 15 is 0 Å². The van der Waals surface area contributed by atoms with E-state index in [1.54, 1.807) is 18.2 Å². The molecule has 1 aromatic carbocycles. The van der Waals surface area contributed by atoms with E-state index in [0.717, 1.165) is 18.7 Å². The van der Waals surface area contributed by atoms with Crippen LogP contribution in [0.3, 0.4) is 0 Å². The number of aromatic nitrogens is 1. The minimum atomic E-state index is -0.676. The van der Waals surface area contributed by atoms with Crippen LogP contribution in [0.25, 0.3) is 0 Å². The molecule has 1 atom stereocenters. The summed E-state index contributed by atoms with van der Waals surface area (Å²) < 4.78 is 17.0. The number of fused-ring (bicyclic) bond motifs is 3. The molecule has 0 radical (unpaired) electrons. The summed E-state index contributed by atoms with van der Waals surface area (Å²) in [6, 6.07) is 6.82. The number of carbonyl (C=O) groups is 1. The van der Waals surface area contributed by atoms with Gasteiger partial charge in [-0.15, -0.1) is 0 Å². The number of nitrogens with one attached hydrogen (secondary N) is 1. The van der Waals surface area contributed by atoms with E-state index in [1.165, 1.54) is 13.3 Å². The van der Waals surface area contributed by atoms with Crippen molar-refractivity contribution in [1.82, 2.24) is 20.1 Å². The van der Waals surface area contributed by atoms with Gasteiger partial charge in [0.25, 0.3) is 5.91 Å². The number of methoxy groups -OCH3 is 1. The number of guanidine groups is 1. The summed E-state index contributed by atoms with van der Waals surface area (Å²) in [5.74, 6) is 1.85. The average Bonchev–Trinajstić information content (AvgIpc) is 3.39. The number of amidine groups is 1. The van der Waals surface area contributed by atoms with Gasteiger partial charge in [-0.25, -0.2) is 9.98 Å². The van der Waals surface area contributed by atoms with Crippen LogP contribution in [0.5, 0.6) is 11.5 Å². The highest BCUT2D eigenvalue weighted by molar-refractivity contribution is 6.20. The predicted octanol–water partition coefficient (Wildman–Crippen LogP) is 0.238. The molecule has 0 bridgehead atoms. The highest BCUT2D eigenvalue weighted by Crippen LogP contribution is 2.43. The van der Waals surface area contributed by atoms with Crippen molar-refractivity contribution < 1.29 is 24.1 Å². The number of nitrogens with two attached hydrogens (primary N) is 1. The first-order valence-electron chi connectivity index (χ1n) is 11.8. The fourth-order valence-electron chi connectivity index (χ4n) is 4.33. The second-order valence-corrected chi connectivity index (χ2v) is 8.59. The highest BCUT2D eigenvalue weighted by Gasteiger charge is 2.33. The van der Waals surface area contributed by atoms with E-state index in [4.69, 9.17) is 24.9 Å². The Morgan fingerprint density at radius 2 is 2.08 bits per heavy atom. The number of anilines is 1. The number of hydrogen-bond donors (Lipinski definition) is 3. The minimum absolute atomic E-state index is 0.0943. The summed E-state index contributed by atoms with van der Waals surface area (Å²) >= 11 is 0. The molecular weight excluding hydrogens is 466 g/mol. The quantitative estimate of drug-likeness (QED) is 0.491. The maximum absolute atomic E-state index is 12.9. The largest absolute Gasteiger partial charge is 0.491 e. The number of nitrogens with zero attached hydrogens (tertiary/aromatic N) is 5. The van der Waals surface area contributed by atoms with E-state index in [0.29, 0.717) is 73.2 Å². The van der Waals surface area contributed by atoms with Crippen LogP contribution in [0, 0.1) is 0 Å². The number of pyridine rings is 1. The second kappa shape index (κ2) is 10.5. The number of β-amino-alcohol motifs (C(OH)–C–C–N with tert-alkyl or cyclic N) is 1. The number of nitrogen functional groups attached to an aromatic ring is 1. The normalized spacial score (nSPS) is 18.0. The fourth-order valence-corrected chi connectivity index (χ4v) is 4.33. The van der Waals surface area contributed by atoms with Gasteiger partial charge in [0.05, 0.1) is 32.4 Å². The number of hydrogen-bond acceptors (Lipinski definition) is 11. The molecule has 3 aliphatic heterocycles. The van der Waals surface area contributed by atoms with Crippen molar-refractivity contribution in [2.45, 2.75) is 6.10 Å². The second-order valence-electron chi connectivity index (χ2n) is 8.59. The van der Waals surface area contributed by atoms with Crippen molar-refractivity contribution in [3.05, 3.63) is 41.6 Å². The van der Waals surface area contributed by atoms with Crippen LogP contribution in [0.4, 0.5) is 11.5 Å². The lowest BCUT2D eigenvalue weighted by atomic mass is 10.1. The van der Waals surface area contributed by atoms with Gasteiger partial charge >= 0.3 is 0 Å². The van der Waals surface area contributed by atoms with Crippen molar-refractivity contribution in [1.29, 1.82) is 0 Å². The van der Waals surface area contributed by atoms with Crippen LogP contribution in [0.1, 0.15) is 15.9 Å². The van der Waals surface area contributed by atoms with Gasteiger partial charge in [0.1, 0.15) is 30.1 Å². The molecule has 0 spiro atoms. The third kappa shape index (κ3) is 4.96. The van der Waals surface area contributed by atoms with E-state index in [9.17, 15) is 9.90 Å². The lowest BCUT2D eigenvalue weighted by molar-refractivity contribution is 0.00446. The molecule has 1 amide bonds. The Labute approximate surface area is 208 Å². The number of aliphatic imine (C=N–C) groups is 2. The van der Waals surface area contributed by atoms with Gasteiger partial charge in [-0.05, 0) is 24.3 Å². The molecular formula is C24H29N7O5. The number of ether oxygens (including phenoxy) is 3. The predicted molar refractivity (Wildman–Crippen MR) is 133 cm³/mol. The van der Waals surface area contributed by atoms with Crippen LogP contribution in [0.2, 0.25) is 0 Å². The lowest BCUT2D eigenvalue weighted by Gasteiger charge is -2.29. The van der Waals surface area contributed by atoms with E-state index < -0.39 is 6.10 Å². The Balaban J connectivity index is 1.37. The molecule has 3 aliphatic rings. The molecule has 1 unspecified atom stereocenters. The van der Waals surface area contributed by atoms with Gasteiger partial charge in [0.2, 0.25) is 5.96 Å². The molecule has 0 saturated carbocycles. The number of benzene rings is 1. The topological polar surface area (TPSA) is 147 Å². The maximum atomic E-state index is 12.9. The first-order valence-corrected chi connectivity index (χ1v) is 11.8. The maximum Gasteiger partial charge on any atom is 0.259 e. The van der Waals surface area contributed by atoms with Gasteiger partial charge in [-0.3, -0.25) is 24.9 Å². The lowest BCUT2D eigenvalue weighted by Crippen LogP contribution is -2.47. The van der Waals surface area contributed by atoms with Gasteiger partial charge in [-0.1, -0.05) is 0 Å². The summed E-state index contributed by atoms with van der Waals surface area (Å²) in [4.78, 5) is 30.2. The van der Waals surface area contributed by atoms with E-state index in [-0.39, 0.29) is 12.5 Å². The van der Waals surface area contributed by atoms with Crippen molar-refractivity contribution >= 4 is 29.2 Å². The Bertz CT molecular complexity index is 1180. The molecule has 4 N–H and O–H groups in total. The van der Waals surface area contributed by atoms with Crippen LogP contribution >= 0.6 is 0 Å². The summed E-state index contributed by atoms with van der Waals surface area (Å²) in [7, 11) is 1.53. The average molecular weight is 496 g/mol. The van der Waals surface area contributed by atoms with Crippen LogP contribution in [-0.2, 0) is 4.74 Å². The van der Waals surface area contributed by atoms with Gasteiger partial charge in [-0.2, -0.15) is 0 Å².